The van der Waals surface area contributed by atoms with Crippen molar-refractivity contribution in [2.75, 3.05) is 5.43 Å². The van der Waals surface area contributed by atoms with E-state index >= 15 is 0 Å². The number of hydrazone groups is 1. The Hall–Kier alpha value is -2.81. The molecule has 9 heteroatoms. The first kappa shape index (κ1) is 23.9. The molecule has 2 N–H and O–H groups in total. The van der Waals surface area contributed by atoms with Gasteiger partial charge in [0.25, 0.3) is 5.69 Å². The SMILES string of the molecule is CC12CC/C(=N\Nc3ccc([N+](=O)[O-])cc3[N+](=O)[O-])C=C1CCC1C2CCC2(C)C1CCC2(C)O. The second-order valence-corrected chi connectivity index (χ2v) is 11.7. The number of nitro groups is 2. The first-order valence-corrected chi connectivity index (χ1v) is 12.7. The van der Waals surface area contributed by atoms with E-state index in [9.17, 15) is 25.3 Å². The number of aliphatic hydroxyl groups is 1. The van der Waals surface area contributed by atoms with Gasteiger partial charge >= 0.3 is 5.69 Å². The number of benzene rings is 1. The Morgan fingerprint density at radius 3 is 2.46 bits per heavy atom. The summed E-state index contributed by atoms with van der Waals surface area (Å²) in [6, 6.07) is 3.53. The highest BCUT2D eigenvalue weighted by molar-refractivity contribution is 5.97. The predicted molar refractivity (Wildman–Crippen MR) is 133 cm³/mol. The first-order chi connectivity index (χ1) is 16.5. The van der Waals surface area contributed by atoms with Crippen LogP contribution in [0.3, 0.4) is 0 Å². The van der Waals surface area contributed by atoms with Crippen LogP contribution in [-0.4, -0.2) is 26.3 Å². The van der Waals surface area contributed by atoms with Crippen LogP contribution in [-0.2, 0) is 0 Å². The lowest BCUT2D eigenvalue weighted by Gasteiger charge is -2.59. The van der Waals surface area contributed by atoms with Crippen LogP contribution in [0.5, 0.6) is 0 Å². The summed E-state index contributed by atoms with van der Waals surface area (Å²) in [7, 11) is 0. The molecule has 3 saturated carbocycles. The molecule has 0 spiro atoms. The van der Waals surface area contributed by atoms with Crippen molar-refractivity contribution in [1.82, 2.24) is 0 Å². The Labute approximate surface area is 205 Å². The molecular formula is C26H34N4O5. The van der Waals surface area contributed by atoms with Crippen molar-refractivity contribution in [1.29, 1.82) is 0 Å². The van der Waals surface area contributed by atoms with E-state index in [0.29, 0.717) is 17.8 Å². The van der Waals surface area contributed by atoms with Crippen LogP contribution in [0, 0.1) is 48.8 Å². The van der Waals surface area contributed by atoms with Crippen molar-refractivity contribution in [2.24, 2.45) is 33.7 Å². The van der Waals surface area contributed by atoms with Gasteiger partial charge in [-0.1, -0.05) is 19.4 Å². The molecule has 0 heterocycles. The van der Waals surface area contributed by atoms with Crippen molar-refractivity contribution in [3.8, 4) is 0 Å². The lowest BCUT2D eigenvalue weighted by molar-refractivity contribution is -0.393. The maximum atomic E-state index is 11.4. The predicted octanol–water partition coefficient (Wildman–Crippen LogP) is 5.98. The number of nitro benzene ring substituents is 2. The number of fused-ring (bicyclic) bond motifs is 5. The van der Waals surface area contributed by atoms with Gasteiger partial charge in [0.05, 0.1) is 27.2 Å². The molecular weight excluding hydrogens is 448 g/mol. The summed E-state index contributed by atoms with van der Waals surface area (Å²) >= 11 is 0. The fourth-order valence-electron chi connectivity index (χ4n) is 7.91. The summed E-state index contributed by atoms with van der Waals surface area (Å²) in [4.78, 5) is 21.1. The fraction of sp³-hybridized carbons (Fsp3) is 0.654. The van der Waals surface area contributed by atoms with E-state index < -0.39 is 15.4 Å². The van der Waals surface area contributed by atoms with Crippen LogP contribution < -0.4 is 5.43 Å². The van der Waals surface area contributed by atoms with Crippen LogP contribution in [0.2, 0.25) is 0 Å². The Morgan fingerprint density at radius 1 is 1.00 bits per heavy atom. The molecule has 0 amide bonds. The Morgan fingerprint density at radius 2 is 1.74 bits per heavy atom. The summed E-state index contributed by atoms with van der Waals surface area (Å²) in [5.41, 5.74) is 4.07. The molecule has 3 fully saturated rings. The van der Waals surface area contributed by atoms with E-state index in [2.05, 4.69) is 30.5 Å². The van der Waals surface area contributed by atoms with Gasteiger partial charge in [-0.25, -0.2) is 0 Å². The molecule has 4 aliphatic rings. The van der Waals surface area contributed by atoms with E-state index in [4.69, 9.17) is 0 Å². The summed E-state index contributed by atoms with van der Waals surface area (Å²) in [6.45, 7) is 6.74. The van der Waals surface area contributed by atoms with Crippen molar-refractivity contribution < 1.29 is 15.0 Å². The van der Waals surface area contributed by atoms with Gasteiger partial charge in [0.1, 0.15) is 5.69 Å². The maximum Gasteiger partial charge on any atom is 0.301 e. The Balaban J connectivity index is 1.37. The average molecular weight is 483 g/mol. The van der Waals surface area contributed by atoms with Gasteiger partial charge in [-0.15, -0.1) is 0 Å². The second-order valence-electron chi connectivity index (χ2n) is 11.7. The van der Waals surface area contributed by atoms with E-state index in [1.165, 1.54) is 17.7 Å². The Bertz CT molecular complexity index is 1140. The normalized spacial score (nSPS) is 39.3. The molecule has 1 aromatic rings. The molecule has 6 atom stereocenters. The number of hydrogen-bond donors (Lipinski definition) is 2. The third-order valence-electron chi connectivity index (χ3n) is 10.2. The standard InChI is InChI=1S/C26H34N4O5/c1-24-11-8-17(27-28-22-7-5-18(29(32)33)15-23(22)30(34)35)14-16(24)4-6-19-20(24)9-12-25(2)21(19)10-13-26(25,3)31/h5,7,14-15,19-21,28,31H,4,6,8-13H2,1-3H3/b27-17+. The molecule has 9 nitrogen and oxygen atoms in total. The minimum atomic E-state index is -0.647. The molecule has 0 radical (unpaired) electrons. The smallest absolute Gasteiger partial charge is 0.301 e. The number of anilines is 1. The molecule has 5 rings (SSSR count). The monoisotopic (exact) mass is 482 g/mol. The first-order valence-electron chi connectivity index (χ1n) is 12.7. The third kappa shape index (κ3) is 3.66. The molecule has 0 bridgehead atoms. The zero-order valence-electron chi connectivity index (χ0n) is 20.6. The molecule has 0 aromatic heterocycles. The minimum Gasteiger partial charge on any atom is -0.390 e. The molecule has 188 valence electrons. The zero-order chi connectivity index (χ0) is 25.2. The van der Waals surface area contributed by atoms with Gasteiger partial charge in [-0.3, -0.25) is 25.7 Å². The van der Waals surface area contributed by atoms with E-state index in [-0.39, 0.29) is 27.9 Å². The molecule has 0 saturated heterocycles. The molecule has 0 aliphatic heterocycles. The largest absolute Gasteiger partial charge is 0.390 e. The summed E-state index contributed by atoms with van der Waals surface area (Å²) in [6.07, 6.45) is 10.3. The van der Waals surface area contributed by atoms with Gasteiger partial charge in [0.15, 0.2) is 0 Å². The summed E-state index contributed by atoms with van der Waals surface area (Å²) in [5.74, 6) is 1.83. The minimum absolute atomic E-state index is 0.0103. The number of rotatable bonds is 4. The van der Waals surface area contributed by atoms with Crippen LogP contribution in [0.4, 0.5) is 17.1 Å². The van der Waals surface area contributed by atoms with Crippen LogP contribution in [0.15, 0.2) is 34.9 Å². The highest BCUT2D eigenvalue weighted by Gasteiger charge is 2.62. The van der Waals surface area contributed by atoms with E-state index in [1.54, 1.807) is 0 Å². The highest BCUT2D eigenvalue weighted by atomic mass is 16.6. The number of hydrogen-bond acceptors (Lipinski definition) is 7. The van der Waals surface area contributed by atoms with Crippen molar-refractivity contribution in [2.45, 2.75) is 77.7 Å². The van der Waals surface area contributed by atoms with E-state index in [1.807, 2.05) is 6.92 Å². The second kappa shape index (κ2) is 8.11. The zero-order valence-corrected chi connectivity index (χ0v) is 20.6. The van der Waals surface area contributed by atoms with Gasteiger partial charge < -0.3 is 5.11 Å². The van der Waals surface area contributed by atoms with Crippen LogP contribution in [0.1, 0.15) is 72.1 Å². The summed E-state index contributed by atoms with van der Waals surface area (Å²) in [5, 5.41) is 38.0. The molecule has 4 aliphatic carbocycles. The maximum absolute atomic E-state index is 11.4. The van der Waals surface area contributed by atoms with E-state index in [0.717, 1.165) is 63.1 Å². The van der Waals surface area contributed by atoms with Crippen LogP contribution >= 0.6 is 0 Å². The number of non-ortho nitro benzene ring substituents is 1. The molecule has 1 aromatic carbocycles. The molecule has 6 unspecified atom stereocenters. The summed E-state index contributed by atoms with van der Waals surface area (Å²) < 4.78 is 0. The van der Waals surface area contributed by atoms with Gasteiger partial charge in [-0.2, -0.15) is 5.10 Å². The average Bonchev–Trinajstić information content (AvgIpc) is 3.06. The lowest BCUT2D eigenvalue weighted by Crippen LogP contribution is -2.53. The number of nitrogens with one attached hydrogen (secondary N) is 1. The van der Waals surface area contributed by atoms with Crippen molar-refractivity contribution >= 4 is 22.8 Å². The number of allylic oxidation sites excluding steroid dienone is 2. The topological polar surface area (TPSA) is 131 Å². The fourth-order valence-corrected chi connectivity index (χ4v) is 7.91. The highest BCUT2D eigenvalue weighted by Crippen LogP contribution is 2.67. The van der Waals surface area contributed by atoms with Crippen molar-refractivity contribution in [3.05, 3.63) is 50.1 Å². The third-order valence-corrected chi connectivity index (χ3v) is 10.2. The lowest BCUT2D eigenvalue weighted by atomic mass is 9.46. The van der Waals surface area contributed by atoms with Crippen LogP contribution in [0.25, 0.3) is 0 Å². The molecule has 35 heavy (non-hydrogen) atoms. The quantitative estimate of drug-likeness (QED) is 0.401. The van der Waals surface area contributed by atoms with Gasteiger partial charge in [0, 0.05) is 6.07 Å². The van der Waals surface area contributed by atoms with Crippen molar-refractivity contribution in [3.63, 3.8) is 0 Å². The Kier molecular flexibility index (Phi) is 5.54. The van der Waals surface area contributed by atoms with Gasteiger partial charge in [0.2, 0.25) is 0 Å². The van der Waals surface area contributed by atoms with Gasteiger partial charge in [-0.05, 0) is 99.0 Å². The number of nitrogens with zero attached hydrogens (tertiary/aromatic N) is 3.